The molecule has 1 unspecified atom stereocenters. The third-order valence-electron chi connectivity index (χ3n) is 7.15. The Balaban J connectivity index is 1.45. The highest BCUT2D eigenvalue weighted by molar-refractivity contribution is 5.58. The molecule has 3 heterocycles. The molecule has 3 aliphatic heterocycles. The van der Waals surface area contributed by atoms with E-state index in [1.54, 1.807) is 6.07 Å². The highest BCUT2D eigenvalue weighted by Crippen LogP contribution is 2.49. The molecule has 1 N–H and O–H groups in total. The monoisotopic (exact) mass is 418 g/mol. The molecule has 0 amide bonds. The van der Waals surface area contributed by atoms with E-state index in [-0.39, 0.29) is 24.2 Å². The predicted molar refractivity (Wildman–Crippen MR) is 111 cm³/mol. The summed E-state index contributed by atoms with van der Waals surface area (Å²) in [5.41, 5.74) is 0.873. The van der Waals surface area contributed by atoms with Crippen LogP contribution in [0, 0.1) is 11.8 Å². The van der Waals surface area contributed by atoms with Crippen LogP contribution < -0.4 is 5.32 Å². The van der Waals surface area contributed by atoms with Gasteiger partial charge >= 0.3 is 6.18 Å². The molecule has 3 nitrogen and oxygen atoms in total. The van der Waals surface area contributed by atoms with E-state index in [4.69, 9.17) is 4.74 Å². The molecular formula is C24H29F3N2O. The Kier molecular flexibility index (Phi) is 5.40. The van der Waals surface area contributed by atoms with E-state index in [9.17, 15) is 13.2 Å². The Hall–Kier alpha value is -1.79. The number of hydrogen-bond donors (Lipinski definition) is 1. The van der Waals surface area contributed by atoms with Gasteiger partial charge < -0.3 is 15.0 Å². The van der Waals surface area contributed by atoms with Crippen LogP contribution in [0.3, 0.4) is 0 Å². The zero-order valence-corrected chi connectivity index (χ0v) is 17.1. The number of benzene rings is 1. The van der Waals surface area contributed by atoms with Gasteiger partial charge in [-0.2, -0.15) is 13.2 Å². The first kappa shape index (κ1) is 20.1. The average molecular weight is 419 g/mol. The van der Waals surface area contributed by atoms with Crippen LogP contribution in [0.4, 0.5) is 18.9 Å². The number of anilines is 1. The number of likely N-dealkylation sites (tertiary alicyclic amines) is 1. The van der Waals surface area contributed by atoms with Crippen molar-refractivity contribution in [1.29, 1.82) is 0 Å². The Morgan fingerprint density at radius 3 is 2.67 bits per heavy atom. The topological polar surface area (TPSA) is 24.5 Å². The average Bonchev–Trinajstić information content (AvgIpc) is 3.26. The van der Waals surface area contributed by atoms with Crippen LogP contribution in [0.5, 0.6) is 0 Å². The van der Waals surface area contributed by atoms with E-state index >= 15 is 0 Å². The summed E-state index contributed by atoms with van der Waals surface area (Å²) in [6, 6.07) is 4.26. The highest BCUT2D eigenvalue weighted by Gasteiger charge is 2.45. The van der Waals surface area contributed by atoms with Gasteiger partial charge in [-0.25, -0.2) is 0 Å². The maximum Gasteiger partial charge on any atom is 0.416 e. The van der Waals surface area contributed by atoms with Crippen molar-refractivity contribution in [1.82, 2.24) is 4.90 Å². The SMILES string of the molecule is FC(F)(F)c1ccc2c(c1)[C@H]1O[C@@H](CN3CCCC3)CC[C@H]1[C@H](C1C=CC=CC1)N2. The van der Waals surface area contributed by atoms with Crippen molar-refractivity contribution in [2.75, 3.05) is 25.0 Å². The summed E-state index contributed by atoms with van der Waals surface area (Å²) >= 11 is 0. The summed E-state index contributed by atoms with van der Waals surface area (Å²) in [6.45, 7) is 3.10. The number of nitrogens with one attached hydrogen (secondary N) is 1. The number of nitrogens with zero attached hydrogens (tertiary/aromatic N) is 1. The smallest absolute Gasteiger partial charge is 0.381 e. The van der Waals surface area contributed by atoms with Crippen molar-refractivity contribution in [3.8, 4) is 0 Å². The molecule has 4 aliphatic rings. The number of hydrogen-bond acceptors (Lipinski definition) is 3. The van der Waals surface area contributed by atoms with Gasteiger partial charge in [-0.3, -0.25) is 0 Å². The Labute approximate surface area is 176 Å². The van der Waals surface area contributed by atoms with Crippen molar-refractivity contribution in [2.45, 2.75) is 56.5 Å². The van der Waals surface area contributed by atoms with Crippen molar-refractivity contribution in [2.24, 2.45) is 11.8 Å². The lowest BCUT2D eigenvalue weighted by atomic mass is 9.73. The van der Waals surface area contributed by atoms with Crippen LogP contribution in [-0.4, -0.2) is 36.7 Å². The molecule has 2 saturated heterocycles. The molecule has 6 heteroatoms. The van der Waals surface area contributed by atoms with Crippen LogP contribution in [-0.2, 0) is 10.9 Å². The predicted octanol–water partition coefficient (Wildman–Crippen LogP) is 5.56. The Bertz CT molecular complexity index is 828. The molecule has 0 spiro atoms. The number of fused-ring (bicyclic) bond motifs is 3. The standard InChI is InChI=1S/C24H29F3N2O/c25-24(26,27)17-8-11-21-20(14-17)23-19(22(28-21)16-6-2-1-3-7-16)10-9-18(30-23)15-29-12-4-5-13-29/h1-3,6,8,11,14,16,18-19,22-23,28H,4-5,7,9-10,12-13,15H2/t16?,18-,19+,22+,23+/m1/s1. The first-order chi connectivity index (χ1) is 14.5. The number of rotatable bonds is 3. The number of halogens is 3. The number of alkyl halides is 3. The molecule has 2 fully saturated rings. The quantitative estimate of drug-likeness (QED) is 0.695. The molecule has 5 atom stereocenters. The van der Waals surface area contributed by atoms with Crippen LogP contribution in [0.2, 0.25) is 0 Å². The van der Waals surface area contributed by atoms with E-state index in [1.165, 1.54) is 25.0 Å². The van der Waals surface area contributed by atoms with Gasteiger partial charge in [0.15, 0.2) is 0 Å². The largest absolute Gasteiger partial charge is 0.416 e. The molecular weight excluding hydrogens is 389 g/mol. The van der Waals surface area contributed by atoms with Gasteiger partial charge in [-0.1, -0.05) is 24.3 Å². The molecule has 162 valence electrons. The van der Waals surface area contributed by atoms with Crippen molar-refractivity contribution < 1.29 is 17.9 Å². The van der Waals surface area contributed by atoms with Gasteiger partial charge in [0, 0.05) is 35.7 Å². The minimum atomic E-state index is -4.35. The summed E-state index contributed by atoms with van der Waals surface area (Å²) in [5.74, 6) is 0.508. The van der Waals surface area contributed by atoms with Crippen molar-refractivity contribution in [3.05, 3.63) is 53.6 Å². The minimum absolute atomic E-state index is 0.0901. The summed E-state index contributed by atoms with van der Waals surface area (Å²) in [6.07, 6.45) is 9.34. The second-order valence-electron chi connectivity index (χ2n) is 9.11. The van der Waals surface area contributed by atoms with E-state index in [1.807, 2.05) is 0 Å². The molecule has 1 aromatic rings. The second kappa shape index (κ2) is 8.04. The van der Waals surface area contributed by atoms with Gasteiger partial charge in [0.25, 0.3) is 0 Å². The number of ether oxygens (including phenoxy) is 1. The Morgan fingerprint density at radius 1 is 1.10 bits per heavy atom. The fourth-order valence-electron chi connectivity index (χ4n) is 5.65. The van der Waals surface area contributed by atoms with Crippen LogP contribution in [0.1, 0.15) is 49.3 Å². The summed E-state index contributed by atoms with van der Waals surface area (Å²) in [4.78, 5) is 2.44. The first-order valence-electron chi connectivity index (χ1n) is 11.2. The lowest BCUT2D eigenvalue weighted by Gasteiger charge is -2.48. The molecule has 0 aromatic heterocycles. The molecule has 0 bridgehead atoms. The third-order valence-corrected chi connectivity index (χ3v) is 7.15. The lowest BCUT2D eigenvalue weighted by molar-refractivity contribution is -0.138. The Morgan fingerprint density at radius 2 is 1.93 bits per heavy atom. The molecule has 1 aromatic carbocycles. The van der Waals surface area contributed by atoms with Gasteiger partial charge in [0.05, 0.1) is 17.8 Å². The number of allylic oxidation sites excluding steroid dienone is 3. The van der Waals surface area contributed by atoms with E-state index < -0.39 is 11.7 Å². The lowest BCUT2D eigenvalue weighted by Crippen LogP contribution is -2.48. The van der Waals surface area contributed by atoms with Crippen molar-refractivity contribution in [3.63, 3.8) is 0 Å². The third kappa shape index (κ3) is 3.92. The minimum Gasteiger partial charge on any atom is -0.381 e. The van der Waals surface area contributed by atoms with Gasteiger partial charge in [0.2, 0.25) is 0 Å². The zero-order valence-electron chi connectivity index (χ0n) is 17.1. The zero-order chi connectivity index (χ0) is 20.7. The molecule has 0 saturated carbocycles. The van der Waals surface area contributed by atoms with Gasteiger partial charge in [-0.05, 0) is 63.4 Å². The fraction of sp³-hybridized carbons (Fsp3) is 0.583. The van der Waals surface area contributed by atoms with Crippen LogP contribution >= 0.6 is 0 Å². The molecule has 0 radical (unpaired) electrons. The second-order valence-corrected chi connectivity index (χ2v) is 9.11. The van der Waals surface area contributed by atoms with Gasteiger partial charge in [0.1, 0.15) is 0 Å². The maximum absolute atomic E-state index is 13.4. The molecule has 30 heavy (non-hydrogen) atoms. The van der Waals surface area contributed by atoms with E-state index in [2.05, 4.69) is 34.5 Å². The summed E-state index contributed by atoms with van der Waals surface area (Å²) in [5, 5.41) is 3.59. The van der Waals surface area contributed by atoms with Crippen LogP contribution in [0.25, 0.3) is 0 Å². The highest BCUT2D eigenvalue weighted by atomic mass is 19.4. The van der Waals surface area contributed by atoms with Crippen LogP contribution in [0.15, 0.2) is 42.5 Å². The molecule has 1 aliphatic carbocycles. The summed E-state index contributed by atoms with van der Waals surface area (Å²) in [7, 11) is 0. The maximum atomic E-state index is 13.4. The van der Waals surface area contributed by atoms with E-state index in [0.717, 1.165) is 44.6 Å². The van der Waals surface area contributed by atoms with Crippen molar-refractivity contribution >= 4 is 5.69 Å². The van der Waals surface area contributed by atoms with E-state index in [0.29, 0.717) is 11.5 Å². The normalized spacial score (nSPS) is 33.8. The van der Waals surface area contributed by atoms with Gasteiger partial charge in [-0.15, -0.1) is 0 Å². The first-order valence-corrected chi connectivity index (χ1v) is 11.2. The fourth-order valence-corrected chi connectivity index (χ4v) is 5.65. The summed E-state index contributed by atoms with van der Waals surface area (Å²) < 4.78 is 46.8. The molecule has 5 rings (SSSR count).